The van der Waals surface area contributed by atoms with Crippen LogP contribution in [0, 0.1) is 0 Å². The number of imide groups is 1. The summed E-state index contributed by atoms with van der Waals surface area (Å²) in [4.78, 5) is 36.3. The van der Waals surface area contributed by atoms with Crippen LogP contribution in [0.4, 0.5) is 10.7 Å². The van der Waals surface area contributed by atoms with E-state index in [-0.39, 0.29) is 24.0 Å². The summed E-state index contributed by atoms with van der Waals surface area (Å²) in [6, 6.07) is 1.39. The van der Waals surface area contributed by atoms with E-state index in [4.69, 9.17) is 0 Å². The van der Waals surface area contributed by atoms with Crippen LogP contribution in [-0.4, -0.2) is 60.2 Å². The molecule has 1 aliphatic heterocycles. The first-order valence-corrected chi connectivity index (χ1v) is 9.61. The van der Waals surface area contributed by atoms with Gasteiger partial charge in [0.2, 0.25) is 5.95 Å². The van der Waals surface area contributed by atoms with E-state index in [2.05, 4.69) is 25.5 Å². The maximum Gasteiger partial charge on any atom is 0.321 e. The highest BCUT2D eigenvalue weighted by molar-refractivity contribution is 5.96. The molecule has 1 atom stereocenters. The normalized spacial score (nSPS) is 20.4. The first-order valence-electron chi connectivity index (χ1n) is 9.61. The van der Waals surface area contributed by atoms with Gasteiger partial charge < -0.3 is 15.1 Å². The fourth-order valence-electron chi connectivity index (χ4n) is 3.76. The Morgan fingerprint density at radius 3 is 2.46 bits per heavy atom. The van der Waals surface area contributed by atoms with Crippen molar-refractivity contribution in [2.24, 2.45) is 0 Å². The summed E-state index contributed by atoms with van der Waals surface area (Å²) in [7, 11) is 0. The van der Waals surface area contributed by atoms with Gasteiger partial charge in [-0.2, -0.15) is 0 Å². The van der Waals surface area contributed by atoms with E-state index in [0.29, 0.717) is 0 Å². The van der Waals surface area contributed by atoms with Crippen LogP contribution in [0.1, 0.15) is 39.0 Å². The van der Waals surface area contributed by atoms with E-state index in [1.165, 1.54) is 11.3 Å². The van der Waals surface area contributed by atoms with Crippen molar-refractivity contribution in [2.75, 3.05) is 31.1 Å². The summed E-state index contributed by atoms with van der Waals surface area (Å²) in [6.07, 6.45) is 9.02. The van der Waals surface area contributed by atoms with Gasteiger partial charge in [0, 0.05) is 18.4 Å². The Morgan fingerprint density at radius 1 is 1.15 bits per heavy atom. The highest BCUT2D eigenvalue weighted by Crippen LogP contribution is 2.17. The zero-order valence-electron chi connectivity index (χ0n) is 15.4. The highest BCUT2D eigenvalue weighted by atomic mass is 16.2. The number of nitrogens with zero attached hydrogens (tertiary/aromatic N) is 3. The Balaban J connectivity index is 1.43. The number of carbonyl (C=O) groups excluding carboxylic acids is 2. The number of urea groups is 1. The van der Waals surface area contributed by atoms with Crippen LogP contribution in [0.15, 0.2) is 18.5 Å². The highest BCUT2D eigenvalue weighted by Gasteiger charge is 2.31. The van der Waals surface area contributed by atoms with E-state index < -0.39 is 0 Å². The minimum absolute atomic E-state index is 0.202. The minimum Gasteiger partial charge on any atom is -0.335 e. The van der Waals surface area contributed by atoms with Crippen LogP contribution in [0.5, 0.6) is 0 Å². The van der Waals surface area contributed by atoms with Crippen molar-refractivity contribution in [3.63, 3.8) is 0 Å². The smallest absolute Gasteiger partial charge is 0.321 e. The molecule has 1 aliphatic carbocycles. The number of rotatable bonds is 4. The lowest BCUT2D eigenvalue weighted by Crippen LogP contribution is -3.19. The molecule has 0 unspecified atom stereocenters. The number of nitrogens with one attached hydrogen (secondary N) is 3. The van der Waals surface area contributed by atoms with Crippen LogP contribution >= 0.6 is 0 Å². The lowest BCUT2D eigenvalue weighted by atomic mass is 9.96. The van der Waals surface area contributed by atoms with Gasteiger partial charge in [-0.3, -0.25) is 10.1 Å². The molecule has 8 nitrogen and oxygen atoms in total. The largest absolute Gasteiger partial charge is 0.335 e. The molecular formula is C18H29N6O2+. The molecule has 3 rings (SSSR count). The number of amides is 3. The minimum atomic E-state index is -0.357. The fraction of sp³-hybridized carbons (Fsp3) is 0.667. The number of aromatic nitrogens is 2. The van der Waals surface area contributed by atoms with Gasteiger partial charge >= 0.3 is 6.03 Å². The number of quaternary nitrogens is 1. The van der Waals surface area contributed by atoms with Gasteiger partial charge in [0.1, 0.15) is 0 Å². The Labute approximate surface area is 154 Å². The Kier molecular flexibility index (Phi) is 6.38. The quantitative estimate of drug-likeness (QED) is 0.687. The van der Waals surface area contributed by atoms with Crippen molar-refractivity contribution >= 4 is 17.9 Å². The van der Waals surface area contributed by atoms with Gasteiger partial charge in [0.15, 0.2) is 6.04 Å². The summed E-state index contributed by atoms with van der Waals surface area (Å²) in [5.41, 5.74) is 0. The maximum atomic E-state index is 12.4. The van der Waals surface area contributed by atoms with Gasteiger partial charge in [-0.05, 0) is 25.8 Å². The first kappa shape index (κ1) is 18.6. The molecule has 26 heavy (non-hydrogen) atoms. The summed E-state index contributed by atoms with van der Waals surface area (Å²) in [6.45, 7) is 5.11. The zero-order chi connectivity index (χ0) is 18.4. The molecule has 1 aromatic heterocycles. The molecule has 1 saturated carbocycles. The molecule has 3 amide bonds. The summed E-state index contributed by atoms with van der Waals surface area (Å²) in [5, 5.41) is 5.45. The molecule has 2 fully saturated rings. The van der Waals surface area contributed by atoms with Crippen LogP contribution < -0.4 is 20.4 Å². The molecule has 0 radical (unpaired) electrons. The second-order valence-electron chi connectivity index (χ2n) is 7.21. The Morgan fingerprint density at radius 2 is 1.81 bits per heavy atom. The van der Waals surface area contributed by atoms with Gasteiger partial charge in [0.25, 0.3) is 5.91 Å². The molecule has 2 aliphatic rings. The molecule has 8 heteroatoms. The van der Waals surface area contributed by atoms with Crippen molar-refractivity contribution < 1.29 is 14.5 Å². The standard InChI is InChI=1S/C18H28N6O2/c1-14(16(25)22-18(26)21-15-6-3-2-4-7-15)23-10-12-24(13-11-23)17-19-8-5-9-20-17/h5,8-9,14-15H,2-4,6-7,10-13H2,1H3,(H2,21,22,25,26)/p+1/t14-/m0/s1. The van der Waals surface area contributed by atoms with Crippen LogP contribution in [-0.2, 0) is 4.79 Å². The SMILES string of the molecule is C[C@@H](C(=O)NC(=O)NC1CCCCC1)[NH+]1CCN(c2ncccn2)CC1. The third-order valence-electron chi connectivity index (χ3n) is 5.42. The van der Waals surface area contributed by atoms with Crippen LogP contribution in [0.2, 0.25) is 0 Å². The predicted octanol–water partition coefficient (Wildman–Crippen LogP) is -0.271. The van der Waals surface area contributed by atoms with E-state index in [0.717, 1.165) is 57.8 Å². The van der Waals surface area contributed by atoms with Crippen molar-refractivity contribution in [2.45, 2.75) is 51.1 Å². The van der Waals surface area contributed by atoms with Gasteiger partial charge in [-0.1, -0.05) is 19.3 Å². The first-order chi connectivity index (χ1) is 12.6. The third-order valence-corrected chi connectivity index (χ3v) is 5.42. The van der Waals surface area contributed by atoms with Gasteiger partial charge in [0.05, 0.1) is 26.2 Å². The monoisotopic (exact) mass is 361 g/mol. The predicted molar refractivity (Wildman–Crippen MR) is 98.0 cm³/mol. The van der Waals surface area contributed by atoms with Crippen molar-refractivity contribution in [1.82, 2.24) is 20.6 Å². The molecule has 2 heterocycles. The second-order valence-corrected chi connectivity index (χ2v) is 7.21. The van der Waals surface area contributed by atoms with Crippen molar-refractivity contribution in [1.29, 1.82) is 0 Å². The van der Waals surface area contributed by atoms with E-state index in [1.54, 1.807) is 18.5 Å². The molecule has 0 spiro atoms. The number of hydrogen-bond donors (Lipinski definition) is 3. The summed E-state index contributed by atoms with van der Waals surface area (Å²) in [5.74, 6) is 0.522. The number of carbonyl (C=O) groups is 2. The number of hydrogen-bond acceptors (Lipinski definition) is 5. The molecule has 0 bridgehead atoms. The topological polar surface area (TPSA) is 91.7 Å². The van der Waals surface area contributed by atoms with Crippen LogP contribution in [0.3, 0.4) is 0 Å². The van der Waals surface area contributed by atoms with E-state index in [1.807, 2.05) is 6.92 Å². The summed E-state index contributed by atoms with van der Waals surface area (Å²) < 4.78 is 0. The lowest BCUT2D eigenvalue weighted by Gasteiger charge is -2.34. The molecule has 142 valence electrons. The lowest BCUT2D eigenvalue weighted by molar-refractivity contribution is -0.914. The van der Waals surface area contributed by atoms with Crippen LogP contribution in [0.25, 0.3) is 0 Å². The zero-order valence-corrected chi connectivity index (χ0v) is 15.4. The Bertz CT molecular complexity index is 597. The van der Waals surface area contributed by atoms with Crippen molar-refractivity contribution in [3.05, 3.63) is 18.5 Å². The van der Waals surface area contributed by atoms with E-state index in [9.17, 15) is 9.59 Å². The van der Waals surface area contributed by atoms with Gasteiger partial charge in [-0.25, -0.2) is 14.8 Å². The fourth-order valence-corrected chi connectivity index (χ4v) is 3.76. The van der Waals surface area contributed by atoms with Gasteiger partial charge in [-0.15, -0.1) is 0 Å². The molecule has 1 aromatic rings. The second kappa shape index (κ2) is 8.93. The number of piperazine rings is 1. The third kappa shape index (κ3) is 4.91. The molecule has 1 saturated heterocycles. The average Bonchev–Trinajstić information content (AvgIpc) is 2.69. The molecule has 0 aromatic carbocycles. The summed E-state index contributed by atoms with van der Waals surface area (Å²) >= 11 is 0. The number of anilines is 1. The average molecular weight is 361 g/mol. The van der Waals surface area contributed by atoms with E-state index >= 15 is 0 Å². The molecular weight excluding hydrogens is 332 g/mol. The molecule has 3 N–H and O–H groups in total. The van der Waals surface area contributed by atoms with Crippen molar-refractivity contribution in [3.8, 4) is 0 Å². The Hall–Kier alpha value is -2.22. The maximum absolute atomic E-state index is 12.4.